The van der Waals surface area contributed by atoms with Crippen LogP contribution in [-0.4, -0.2) is 54.5 Å². The van der Waals surface area contributed by atoms with Gasteiger partial charge in [-0.1, -0.05) is 29.3 Å². The number of urea groups is 1. The first-order valence-electron chi connectivity index (χ1n) is 9.30. The molecule has 0 spiro atoms. The zero-order valence-electron chi connectivity index (χ0n) is 14.8. The highest BCUT2D eigenvalue weighted by molar-refractivity contribution is 6.36. The largest absolute Gasteiger partial charge is 0.342 e. The van der Waals surface area contributed by atoms with Crippen molar-refractivity contribution in [1.82, 2.24) is 15.1 Å². The van der Waals surface area contributed by atoms with Crippen LogP contribution in [0.1, 0.15) is 31.2 Å². The molecule has 142 valence electrons. The second-order valence-electron chi connectivity index (χ2n) is 6.98. The van der Waals surface area contributed by atoms with E-state index in [2.05, 4.69) is 5.32 Å². The number of likely N-dealkylation sites (tertiary alicyclic amines) is 2. The van der Waals surface area contributed by atoms with Crippen molar-refractivity contribution < 1.29 is 9.59 Å². The van der Waals surface area contributed by atoms with Crippen molar-refractivity contribution in [2.75, 3.05) is 32.7 Å². The fourth-order valence-corrected chi connectivity index (χ4v) is 4.29. The second-order valence-corrected chi connectivity index (χ2v) is 7.79. The molecule has 1 aromatic carbocycles. The van der Waals surface area contributed by atoms with Gasteiger partial charge in [0.25, 0.3) is 0 Å². The van der Waals surface area contributed by atoms with E-state index in [4.69, 9.17) is 23.2 Å². The van der Waals surface area contributed by atoms with Gasteiger partial charge in [-0.15, -0.1) is 0 Å². The molecule has 0 saturated carbocycles. The van der Waals surface area contributed by atoms with E-state index in [1.165, 1.54) is 0 Å². The Bertz CT molecular complexity index is 634. The molecule has 1 aromatic rings. The molecule has 2 heterocycles. The van der Waals surface area contributed by atoms with Crippen LogP contribution in [0, 0.1) is 5.92 Å². The minimum Gasteiger partial charge on any atom is -0.342 e. The van der Waals surface area contributed by atoms with Gasteiger partial charge in [0.2, 0.25) is 5.91 Å². The summed E-state index contributed by atoms with van der Waals surface area (Å²) in [7, 11) is 0. The standard InChI is InChI=1S/C19H25Cl2N3O2/c20-16-4-3-5-17(21)15(16)6-9-22-19(26)24-12-7-14(8-13-24)18(25)23-10-1-2-11-23/h3-5,14H,1-2,6-13H2,(H,22,26). The molecule has 0 aliphatic carbocycles. The number of halogens is 2. The van der Waals surface area contributed by atoms with Crippen LogP contribution in [-0.2, 0) is 11.2 Å². The fourth-order valence-electron chi connectivity index (χ4n) is 3.70. The average Bonchev–Trinajstić information content (AvgIpc) is 3.18. The predicted octanol–water partition coefficient (Wildman–Crippen LogP) is 3.58. The number of carbonyl (C=O) groups excluding carboxylic acids is 2. The Labute approximate surface area is 164 Å². The van der Waals surface area contributed by atoms with Crippen LogP contribution in [0.3, 0.4) is 0 Å². The van der Waals surface area contributed by atoms with Gasteiger partial charge in [-0.2, -0.15) is 0 Å². The first-order chi connectivity index (χ1) is 12.6. The van der Waals surface area contributed by atoms with Crippen LogP contribution >= 0.6 is 23.2 Å². The van der Waals surface area contributed by atoms with Gasteiger partial charge < -0.3 is 15.1 Å². The summed E-state index contributed by atoms with van der Waals surface area (Å²) < 4.78 is 0. The van der Waals surface area contributed by atoms with E-state index in [9.17, 15) is 9.59 Å². The molecule has 5 nitrogen and oxygen atoms in total. The Hall–Kier alpha value is -1.46. The smallest absolute Gasteiger partial charge is 0.317 e. The van der Waals surface area contributed by atoms with Crippen LogP contribution in [0.2, 0.25) is 10.0 Å². The average molecular weight is 398 g/mol. The van der Waals surface area contributed by atoms with E-state index >= 15 is 0 Å². The summed E-state index contributed by atoms with van der Waals surface area (Å²) in [5.41, 5.74) is 0.853. The van der Waals surface area contributed by atoms with Gasteiger partial charge in [-0.3, -0.25) is 4.79 Å². The second kappa shape index (κ2) is 8.96. The molecule has 3 amide bonds. The number of nitrogens with one attached hydrogen (secondary N) is 1. The van der Waals surface area contributed by atoms with Gasteiger partial charge in [0, 0.05) is 48.7 Å². The summed E-state index contributed by atoms with van der Waals surface area (Å²) in [6.45, 7) is 3.52. The molecular formula is C19H25Cl2N3O2. The minimum atomic E-state index is -0.0831. The van der Waals surface area contributed by atoms with Crippen LogP contribution in [0.4, 0.5) is 4.79 Å². The maximum Gasteiger partial charge on any atom is 0.317 e. The number of hydrogen-bond acceptors (Lipinski definition) is 2. The molecule has 1 N–H and O–H groups in total. The zero-order chi connectivity index (χ0) is 18.5. The van der Waals surface area contributed by atoms with E-state index in [1.54, 1.807) is 23.1 Å². The maximum atomic E-state index is 12.5. The molecule has 3 rings (SSSR count). The Balaban J connectivity index is 1.41. The first kappa shape index (κ1) is 19.3. The lowest BCUT2D eigenvalue weighted by molar-refractivity contribution is -0.135. The van der Waals surface area contributed by atoms with Crippen molar-refractivity contribution in [3.63, 3.8) is 0 Å². The molecule has 7 heteroatoms. The van der Waals surface area contributed by atoms with Gasteiger partial charge in [0.1, 0.15) is 0 Å². The quantitative estimate of drug-likeness (QED) is 0.843. The molecule has 2 fully saturated rings. The lowest BCUT2D eigenvalue weighted by Gasteiger charge is -2.33. The molecule has 0 unspecified atom stereocenters. The Morgan fingerprint density at radius 1 is 1.00 bits per heavy atom. The van der Waals surface area contributed by atoms with Crippen molar-refractivity contribution in [3.8, 4) is 0 Å². The summed E-state index contributed by atoms with van der Waals surface area (Å²) in [5, 5.41) is 4.17. The van der Waals surface area contributed by atoms with Gasteiger partial charge in [-0.25, -0.2) is 4.79 Å². The highest BCUT2D eigenvalue weighted by Crippen LogP contribution is 2.25. The van der Waals surface area contributed by atoms with Crippen molar-refractivity contribution in [1.29, 1.82) is 0 Å². The summed E-state index contributed by atoms with van der Waals surface area (Å²) in [4.78, 5) is 28.6. The Morgan fingerprint density at radius 3 is 2.23 bits per heavy atom. The molecule has 26 heavy (non-hydrogen) atoms. The van der Waals surface area contributed by atoms with Crippen molar-refractivity contribution >= 4 is 35.1 Å². The molecule has 0 radical (unpaired) electrons. The Kier molecular flexibility index (Phi) is 6.65. The summed E-state index contributed by atoms with van der Waals surface area (Å²) in [6, 6.07) is 5.32. The lowest BCUT2D eigenvalue weighted by Crippen LogP contribution is -2.47. The zero-order valence-corrected chi connectivity index (χ0v) is 16.4. The van der Waals surface area contributed by atoms with Gasteiger partial charge in [0.05, 0.1) is 0 Å². The van der Waals surface area contributed by atoms with E-state index in [0.717, 1.165) is 44.3 Å². The van der Waals surface area contributed by atoms with Gasteiger partial charge in [0.15, 0.2) is 0 Å². The molecule has 0 atom stereocenters. The number of carbonyl (C=O) groups is 2. The van der Waals surface area contributed by atoms with Crippen LogP contribution in [0.5, 0.6) is 0 Å². The van der Waals surface area contributed by atoms with E-state index < -0.39 is 0 Å². The van der Waals surface area contributed by atoms with Crippen molar-refractivity contribution in [2.45, 2.75) is 32.1 Å². The number of rotatable bonds is 4. The third-order valence-corrected chi connectivity index (χ3v) is 5.97. The Morgan fingerprint density at radius 2 is 1.62 bits per heavy atom. The number of benzene rings is 1. The maximum absolute atomic E-state index is 12.5. The van der Waals surface area contributed by atoms with E-state index in [1.807, 2.05) is 4.90 Å². The van der Waals surface area contributed by atoms with Crippen LogP contribution < -0.4 is 5.32 Å². The summed E-state index contributed by atoms with van der Waals surface area (Å²) in [6.07, 6.45) is 4.32. The topological polar surface area (TPSA) is 52.7 Å². The fraction of sp³-hybridized carbons (Fsp3) is 0.579. The van der Waals surface area contributed by atoms with Gasteiger partial charge >= 0.3 is 6.03 Å². The van der Waals surface area contributed by atoms with Crippen molar-refractivity contribution in [3.05, 3.63) is 33.8 Å². The van der Waals surface area contributed by atoms with E-state index in [-0.39, 0.29) is 17.9 Å². The highest BCUT2D eigenvalue weighted by Gasteiger charge is 2.31. The number of piperidine rings is 1. The molecule has 2 saturated heterocycles. The van der Waals surface area contributed by atoms with Crippen LogP contribution in [0.25, 0.3) is 0 Å². The normalized spacial score (nSPS) is 18.2. The van der Waals surface area contributed by atoms with Gasteiger partial charge in [-0.05, 0) is 49.8 Å². The highest BCUT2D eigenvalue weighted by atomic mass is 35.5. The third-order valence-electron chi connectivity index (χ3n) is 5.26. The minimum absolute atomic E-state index is 0.0686. The van der Waals surface area contributed by atoms with Crippen LogP contribution in [0.15, 0.2) is 18.2 Å². The predicted molar refractivity (Wildman–Crippen MR) is 104 cm³/mol. The monoisotopic (exact) mass is 397 g/mol. The number of amides is 3. The van der Waals surface area contributed by atoms with Crippen molar-refractivity contribution in [2.24, 2.45) is 5.92 Å². The summed E-state index contributed by atoms with van der Waals surface area (Å²) >= 11 is 12.3. The number of hydrogen-bond donors (Lipinski definition) is 1. The summed E-state index contributed by atoms with van der Waals surface area (Å²) in [5.74, 6) is 0.343. The molecular weight excluding hydrogens is 373 g/mol. The molecule has 2 aliphatic rings. The molecule has 2 aliphatic heterocycles. The first-order valence-corrected chi connectivity index (χ1v) is 10.1. The van der Waals surface area contributed by atoms with E-state index in [0.29, 0.717) is 36.1 Å². The third kappa shape index (κ3) is 4.63. The lowest BCUT2D eigenvalue weighted by atomic mass is 9.95. The molecule has 0 aromatic heterocycles. The SMILES string of the molecule is O=C(NCCc1c(Cl)cccc1Cl)N1CCC(C(=O)N2CCCC2)CC1. The molecule has 0 bridgehead atoms. The number of nitrogens with zero attached hydrogens (tertiary/aromatic N) is 2.